The summed E-state index contributed by atoms with van der Waals surface area (Å²) in [6.07, 6.45) is 2.32. The van der Waals surface area contributed by atoms with Gasteiger partial charge in [-0.15, -0.1) is 11.8 Å². The van der Waals surface area contributed by atoms with Gasteiger partial charge >= 0.3 is 5.97 Å². The van der Waals surface area contributed by atoms with Crippen molar-refractivity contribution in [3.05, 3.63) is 35.4 Å². The lowest BCUT2D eigenvalue weighted by atomic mass is 10.2. The summed E-state index contributed by atoms with van der Waals surface area (Å²) in [5, 5.41) is 8.87. The minimum Gasteiger partial charge on any atom is -0.478 e. The van der Waals surface area contributed by atoms with E-state index >= 15 is 0 Å². The predicted octanol–water partition coefficient (Wildman–Crippen LogP) is 3.09. The van der Waals surface area contributed by atoms with E-state index in [4.69, 9.17) is 10.8 Å². The Labute approximate surface area is 106 Å². The first-order valence-electron chi connectivity index (χ1n) is 5.45. The third kappa shape index (κ3) is 4.15. The molecule has 3 N–H and O–H groups in total. The van der Waals surface area contributed by atoms with E-state index in [0.717, 1.165) is 16.1 Å². The summed E-state index contributed by atoms with van der Waals surface area (Å²) in [6, 6.07) is 5.75. The molecule has 0 spiro atoms. The maximum Gasteiger partial charge on any atom is 0.331 e. The number of nitrogen functional groups attached to an aromatic ring is 1. The molecule has 0 aliphatic heterocycles. The van der Waals surface area contributed by atoms with E-state index in [2.05, 4.69) is 0 Å². The lowest BCUT2D eigenvalue weighted by Gasteiger charge is -2.05. The number of carbonyl (C=O) groups is 1. The van der Waals surface area contributed by atoms with Gasteiger partial charge in [-0.1, -0.05) is 13.0 Å². The number of rotatable bonds is 5. The van der Waals surface area contributed by atoms with Crippen LogP contribution < -0.4 is 5.73 Å². The Kier molecular flexibility index (Phi) is 5.10. The average Bonchev–Trinajstić information content (AvgIpc) is 2.26. The highest BCUT2D eigenvalue weighted by atomic mass is 32.2. The molecular formula is C13H17NO2S. The van der Waals surface area contributed by atoms with Gasteiger partial charge in [-0.3, -0.25) is 0 Å². The Balaban J connectivity index is 2.65. The van der Waals surface area contributed by atoms with E-state index < -0.39 is 5.97 Å². The Morgan fingerprint density at radius 2 is 2.24 bits per heavy atom. The first-order valence-corrected chi connectivity index (χ1v) is 6.44. The Bertz CT molecular complexity index is 441. The third-order valence-corrected chi connectivity index (χ3v) is 3.53. The predicted molar refractivity (Wildman–Crippen MR) is 72.3 cm³/mol. The quantitative estimate of drug-likeness (QED) is 0.479. The van der Waals surface area contributed by atoms with Crippen LogP contribution in [0.15, 0.2) is 34.7 Å². The molecule has 0 aromatic heterocycles. The Morgan fingerprint density at radius 1 is 1.53 bits per heavy atom. The minimum absolute atomic E-state index is 0.464. The van der Waals surface area contributed by atoms with Crippen molar-refractivity contribution in [2.45, 2.75) is 25.2 Å². The highest BCUT2D eigenvalue weighted by molar-refractivity contribution is 7.99. The summed E-state index contributed by atoms with van der Waals surface area (Å²) in [5.41, 5.74) is 8.00. The van der Waals surface area contributed by atoms with Crippen LogP contribution in [0, 0.1) is 6.92 Å². The number of thioether (sulfide) groups is 1. The molecule has 1 aromatic carbocycles. The molecule has 0 heterocycles. The zero-order chi connectivity index (χ0) is 12.8. The van der Waals surface area contributed by atoms with Gasteiger partial charge in [-0.2, -0.15) is 0 Å². The molecule has 17 heavy (non-hydrogen) atoms. The van der Waals surface area contributed by atoms with Gasteiger partial charge in [0.15, 0.2) is 0 Å². The number of hydrogen-bond acceptors (Lipinski definition) is 3. The largest absolute Gasteiger partial charge is 0.478 e. The van der Waals surface area contributed by atoms with Gasteiger partial charge in [0.2, 0.25) is 0 Å². The molecule has 0 fully saturated rings. The van der Waals surface area contributed by atoms with Crippen molar-refractivity contribution < 1.29 is 9.90 Å². The molecule has 0 atom stereocenters. The van der Waals surface area contributed by atoms with Gasteiger partial charge in [0.1, 0.15) is 0 Å². The van der Waals surface area contributed by atoms with Crippen LogP contribution in [0.5, 0.6) is 0 Å². The van der Waals surface area contributed by atoms with Crippen LogP contribution >= 0.6 is 11.8 Å². The monoisotopic (exact) mass is 251 g/mol. The van der Waals surface area contributed by atoms with Crippen molar-refractivity contribution in [2.75, 3.05) is 11.5 Å². The third-order valence-electron chi connectivity index (χ3n) is 2.42. The van der Waals surface area contributed by atoms with Crippen molar-refractivity contribution in [2.24, 2.45) is 0 Å². The maximum absolute atomic E-state index is 10.8. The van der Waals surface area contributed by atoms with Crippen LogP contribution in [-0.2, 0) is 4.79 Å². The second-order valence-corrected chi connectivity index (χ2v) is 4.79. The molecule has 3 nitrogen and oxygen atoms in total. The van der Waals surface area contributed by atoms with Gasteiger partial charge in [0, 0.05) is 21.9 Å². The van der Waals surface area contributed by atoms with Gasteiger partial charge in [0.05, 0.1) is 0 Å². The number of anilines is 1. The molecule has 0 aliphatic rings. The lowest BCUT2D eigenvalue weighted by molar-refractivity contribution is -0.132. The van der Waals surface area contributed by atoms with Gasteiger partial charge in [0.25, 0.3) is 0 Å². The highest BCUT2D eigenvalue weighted by Gasteiger charge is 2.04. The first-order chi connectivity index (χ1) is 8.04. The molecule has 0 bridgehead atoms. The zero-order valence-corrected chi connectivity index (χ0v) is 10.9. The fourth-order valence-corrected chi connectivity index (χ4v) is 2.36. The Morgan fingerprint density at radius 3 is 2.76 bits per heavy atom. The molecule has 92 valence electrons. The topological polar surface area (TPSA) is 63.3 Å². The number of carboxylic acids is 1. The summed E-state index contributed by atoms with van der Waals surface area (Å²) < 4.78 is 0. The second-order valence-electron chi connectivity index (χ2n) is 3.72. The smallest absolute Gasteiger partial charge is 0.331 e. The molecule has 0 saturated carbocycles. The fourth-order valence-electron chi connectivity index (χ4n) is 1.45. The molecule has 0 unspecified atom stereocenters. The summed E-state index contributed by atoms with van der Waals surface area (Å²) in [5.74, 6) is -0.164. The molecule has 4 heteroatoms. The molecule has 0 amide bonds. The van der Waals surface area contributed by atoms with Crippen LogP contribution in [0.1, 0.15) is 18.9 Å². The summed E-state index contributed by atoms with van der Waals surface area (Å²) in [7, 11) is 0. The molecule has 1 rings (SSSR count). The van der Waals surface area contributed by atoms with E-state index in [1.54, 1.807) is 17.8 Å². The highest BCUT2D eigenvalue weighted by Crippen LogP contribution is 2.24. The van der Waals surface area contributed by atoms with Crippen LogP contribution in [0.25, 0.3) is 0 Å². The first kappa shape index (κ1) is 13.6. The molecule has 0 aliphatic carbocycles. The van der Waals surface area contributed by atoms with Crippen LogP contribution in [-0.4, -0.2) is 16.8 Å². The summed E-state index contributed by atoms with van der Waals surface area (Å²) in [6.45, 7) is 3.85. The normalized spacial score (nSPS) is 11.5. The molecule has 0 radical (unpaired) electrons. The van der Waals surface area contributed by atoms with E-state index in [0.29, 0.717) is 17.7 Å². The summed E-state index contributed by atoms with van der Waals surface area (Å²) in [4.78, 5) is 11.9. The van der Waals surface area contributed by atoms with Crippen molar-refractivity contribution in [1.29, 1.82) is 0 Å². The van der Waals surface area contributed by atoms with E-state index in [1.165, 1.54) is 0 Å². The minimum atomic E-state index is -0.831. The van der Waals surface area contributed by atoms with Gasteiger partial charge in [-0.05, 0) is 37.1 Å². The number of carboxylic acid groups (broad SMARTS) is 1. The van der Waals surface area contributed by atoms with Crippen molar-refractivity contribution in [3.63, 3.8) is 0 Å². The standard InChI is InChI=1S/C13H17NO2S/c1-3-10(13(15)16)6-7-17-12-5-4-11(14)8-9(12)2/h4-6,8H,3,7,14H2,1-2H3,(H,15,16). The van der Waals surface area contributed by atoms with E-state index in [9.17, 15) is 4.79 Å². The molecular weight excluding hydrogens is 234 g/mol. The Hall–Kier alpha value is -1.42. The number of aliphatic carboxylic acids is 1. The van der Waals surface area contributed by atoms with Crippen LogP contribution in [0.3, 0.4) is 0 Å². The van der Waals surface area contributed by atoms with Gasteiger partial charge in [-0.25, -0.2) is 4.79 Å². The number of benzene rings is 1. The van der Waals surface area contributed by atoms with Gasteiger partial charge < -0.3 is 10.8 Å². The maximum atomic E-state index is 10.8. The van der Waals surface area contributed by atoms with E-state index in [1.807, 2.05) is 32.0 Å². The van der Waals surface area contributed by atoms with Crippen molar-refractivity contribution >= 4 is 23.4 Å². The van der Waals surface area contributed by atoms with Crippen molar-refractivity contribution in [1.82, 2.24) is 0 Å². The molecule has 0 saturated heterocycles. The zero-order valence-electron chi connectivity index (χ0n) is 10.1. The average molecular weight is 251 g/mol. The number of nitrogens with two attached hydrogens (primary N) is 1. The van der Waals surface area contributed by atoms with Crippen molar-refractivity contribution in [3.8, 4) is 0 Å². The second kappa shape index (κ2) is 6.35. The fraction of sp³-hybridized carbons (Fsp3) is 0.308. The SMILES string of the molecule is CCC(=CCSc1ccc(N)cc1C)C(=O)O. The number of hydrogen-bond donors (Lipinski definition) is 2. The van der Waals surface area contributed by atoms with Crippen LogP contribution in [0.4, 0.5) is 5.69 Å². The van der Waals surface area contributed by atoms with Crippen LogP contribution in [0.2, 0.25) is 0 Å². The molecule has 1 aromatic rings. The summed E-state index contributed by atoms with van der Waals surface area (Å²) >= 11 is 1.62. The lowest BCUT2D eigenvalue weighted by Crippen LogP contribution is -1.99. The van der Waals surface area contributed by atoms with E-state index in [-0.39, 0.29) is 0 Å². The number of aryl methyl sites for hydroxylation is 1.